The van der Waals surface area contributed by atoms with Gasteiger partial charge in [0.1, 0.15) is 17.4 Å². The molecule has 2 aromatic rings. The zero-order valence-corrected chi connectivity index (χ0v) is 12.3. The van der Waals surface area contributed by atoms with Crippen molar-refractivity contribution >= 4 is 34.9 Å². The monoisotopic (exact) mass is 313 g/mol. The van der Waals surface area contributed by atoms with Gasteiger partial charge in [0, 0.05) is 0 Å². The van der Waals surface area contributed by atoms with E-state index in [0.29, 0.717) is 10.9 Å². The second-order valence-corrected chi connectivity index (χ2v) is 5.65. The lowest BCUT2D eigenvalue weighted by molar-refractivity contribution is -0.118. The van der Waals surface area contributed by atoms with Crippen molar-refractivity contribution in [3.63, 3.8) is 0 Å². The SMILES string of the molecule is O=C1NC(=NC=Nc2ccc(F)cc2)SC1c1ccccc1. The van der Waals surface area contributed by atoms with Crippen LogP contribution in [0.3, 0.4) is 0 Å². The maximum absolute atomic E-state index is 12.8. The van der Waals surface area contributed by atoms with Crippen LogP contribution in [0.15, 0.2) is 64.6 Å². The fraction of sp³-hybridized carbons (Fsp3) is 0.0625. The highest BCUT2D eigenvalue weighted by Gasteiger charge is 2.31. The Morgan fingerprint density at radius 1 is 1.09 bits per heavy atom. The van der Waals surface area contributed by atoms with Gasteiger partial charge in [-0.05, 0) is 29.8 Å². The van der Waals surface area contributed by atoms with Gasteiger partial charge < -0.3 is 5.32 Å². The molecule has 1 saturated heterocycles. The van der Waals surface area contributed by atoms with Crippen LogP contribution in [-0.2, 0) is 4.79 Å². The van der Waals surface area contributed by atoms with E-state index in [1.54, 1.807) is 12.1 Å². The molecule has 6 heteroatoms. The van der Waals surface area contributed by atoms with E-state index in [4.69, 9.17) is 0 Å². The molecule has 0 saturated carbocycles. The van der Waals surface area contributed by atoms with Gasteiger partial charge in [-0.25, -0.2) is 14.4 Å². The maximum Gasteiger partial charge on any atom is 0.244 e. The Bertz CT molecular complexity index is 729. The highest BCUT2D eigenvalue weighted by Crippen LogP contribution is 2.33. The average molecular weight is 313 g/mol. The quantitative estimate of drug-likeness (QED) is 0.697. The molecule has 1 amide bonds. The molecule has 0 aromatic heterocycles. The van der Waals surface area contributed by atoms with Gasteiger partial charge in [-0.15, -0.1) is 0 Å². The molecular weight excluding hydrogens is 301 g/mol. The van der Waals surface area contributed by atoms with E-state index in [9.17, 15) is 9.18 Å². The summed E-state index contributed by atoms with van der Waals surface area (Å²) in [6.07, 6.45) is 1.35. The first-order chi connectivity index (χ1) is 10.7. The maximum atomic E-state index is 12.8. The van der Waals surface area contributed by atoms with Gasteiger partial charge >= 0.3 is 0 Å². The van der Waals surface area contributed by atoms with Gasteiger partial charge in [0.15, 0.2) is 5.17 Å². The van der Waals surface area contributed by atoms with E-state index < -0.39 is 0 Å². The van der Waals surface area contributed by atoms with Crippen molar-refractivity contribution < 1.29 is 9.18 Å². The molecule has 1 atom stereocenters. The lowest BCUT2D eigenvalue weighted by atomic mass is 10.1. The first kappa shape index (κ1) is 14.5. The fourth-order valence-electron chi connectivity index (χ4n) is 1.95. The number of rotatable bonds is 3. The highest BCUT2D eigenvalue weighted by atomic mass is 32.2. The first-order valence-corrected chi connectivity index (χ1v) is 7.49. The molecular formula is C16H12FN3OS. The number of nitrogens with zero attached hydrogens (tertiary/aromatic N) is 2. The molecule has 0 radical (unpaired) electrons. The van der Waals surface area contributed by atoms with Crippen molar-refractivity contribution in [2.24, 2.45) is 9.98 Å². The average Bonchev–Trinajstić information content (AvgIpc) is 2.91. The van der Waals surface area contributed by atoms with E-state index in [-0.39, 0.29) is 17.0 Å². The number of carbonyl (C=O) groups is 1. The third kappa shape index (κ3) is 3.40. The molecule has 0 bridgehead atoms. The van der Waals surface area contributed by atoms with Crippen LogP contribution in [-0.4, -0.2) is 17.4 Å². The van der Waals surface area contributed by atoms with Crippen molar-refractivity contribution in [2.75, 3.05) is 0 Å². The molecule has 4 nitrogen and oxygen atoms in total. The smallest absolute Gasteiger partial charge is 0.244 e. The van der Waals surface area contributed by atoms with Crippen molar-refractivity contribution in [3.05, 3.63) is 66.0 Å². The van der Waals surface area contributed by atoms with Gasteiger partial charge in [-0.3, -0.25) is 4.79 Å². The molecule has 3 rings (SSSR count). The third-order valence-electron chi connectivity index (χ3n) is 3.01. The topological polar surface area (TPSA) is 53.8 Å². The Balaban J connectivity index is 1.69. The molecule has 22 heavy (non-hydrogen) atoms. The number of carbonyl (C=O) groups excluding carboxylic acids is 1. The molecule has 1 N–H and O–H groups in total. The van der Waals surface area contributed by atoms with Crippen molar-refractivity contribution in [1.29, 1.82) is 0 Å². The summed E-state index contributed by atoms with van der Waals surface area (Å²) in [7, 11) is 0. The number of thioether (sulfide) groups is 1. The number of hydrogen-bond donors (Lipinski definition) is 1. The lowest BCUT2D eigenvalue weighted by Crippen LogP contribution is -2.21. The van der Waals surface area contributed by atoms with Crippen LogP contribution in [0.25, 0.3) is 0 Å². The van der Waals surface area contributed by atoms with E-state index >= 15 is 0 Å². The number of amidine groups is 1. The van der Waals surface area contributed by atoms with E-state index in [1.807, 2.05) is 30.3 Å². The molecule has 2 aromatic carbocycles. The second-order valence-electron chi connectivity index (χ2n) is 4.55. The lowest BCUT2D eigenvalue weighted by Gasteiger charge is -2.03. The minimum Gasteiger partial charge on any atom is -0.304 e. The molecule has 0 spiro atoms. The number of nitrogens with one attached hydrogen (secondary N) is 1. The van der Waals surface area contributed by atoms with Gasteiger partial charge in [-0.2, -0.15) is 0 Å². The van der Waals surface area contributed by atoms with E-state index in [0.717, 1.165) is 5.56 Å². The van der Waals surface area contributed by atoms with Crippen molar-refractivity contribution in [2.45, 2.75) is 5.25 Å². The molecule has 1 heterocycles. The van der Waals surface area contributed by atoms with Crippen LogP contribution < -0.4 is 5.32 Å². The Morgan fingerprint density at radius 2 is 1.82 bits per heavy atom. The van der Waals surface area contributed by atoms with Crippen LogP contribution >= 0.6 is 11.8 Å². The zero-order chi connectivity index (χ0) is 15.4. The van der Waals surface area contributed by atoms with Gasteiger partial charge in [0.25, 0.3) is 0 Å². The number of benzene rings is 2. The van der Waals surface area contributed by atoms with E-state index in [1.165, 1.54) is 30.2 Å². The van der Waals surface area contributed by atoms with Crippen molar-refractivity contribution in [3.8, 4) is 0 Å². The molecule has 1 fully saturated rings. The normalized spacial score (nSPS) is 19.8. The highest BCUT2D eigenvalue weighted by molar-refractivity contribution is 8.15. The Kier molecular flexibility index (Phi) is 4.29. The summed E-state index contributed by atoms with van der Waals surface area (Å²) < 4.78 is 12.8. The fourth-order valence-corrected chi connectivity index (χ4v) is 2.90. The summed E-state index contributed by atoms with van der Waals surface area (Å²) >= 11 is 1.35. The van der Waals surface area contributed by atoms with Gasteiger partial charge in [0.2, 0.25) is 5.91 Å². The minimum absolute atomic E-state index is 0.0925. The van der Waals surface area contributed by atoms with Crippen molar-refractivity contribution in [1.82, 2.24) is 5.32 Å². The van der Waals surface area contributed by atoms with Gasteiger partial charge in [-0.1, -0.05) is 42.1 Å². The summed E-state index contributed by atoms with van der Waals surface area (Å²) in [5.74, 6) is -0.403. The molecule has 1 aliphatic heterocycles. The Hall–Kier alpha value is -2.47. The first-order valence-electron chi connectivity index (χ1n) is 6.61. The Morgan fingerprint density at radius 3 is 2.55 bits per heavy atom. The Labute approximate surface area is 131 Å². The van der Waals surface area contributed by atoms with Crippen LogP contribution in [0, 0.1) is 5.82 Å². The standard InChI is InChI=1S/C16H12FN3OS/c17-12-6-8-13(9-7-12)18-10-19-16-20-15(21)14(22-16)11-4-2-1-3-5-11/h1-10,14H,(H,18,19,20,21). The third-order valence-corrected chi connectivity index (χ3v) is 4.16. The minimum atomic E-state index is -0.311. The number of aliphatic imine (C=N–C) groups is 2. The van der Waals surface area contributed by atoms with Crippen LogP contribution in [0.2, 0.25) is 0 Å². The molecule has 0 aliphatic carbocycles. The summed E-state index contributed by atoms with van der Waals surface area (Å²) in [6, 6.07) is 15.3. The van der Waals surface area contributed by atoms with Gasteiger partial charge in [0.05, 0.1) is 5.69 Å². The zero-order valence-electron chi connectivity index (χ0n) is 11.4. The summed E-state index contributed by atoms with van der Waals surface area (Å²) in [6.45, 7) is 0. The molecule has 1 unspecified atom stereocenters. The van der Waals surface area contributed by atoms with E-state index in [2.05, 4.69) is 15.3 Å². The van der Waals surface area contributed by atoms with Crippen LogP contribution in [0.4, 0.5) is 10.1 Å². The van der Waals surface area contributed by atoms with Crippen LogP contribution in [0.1, 0.15) is 10.8 Å². The molecule has 1 aliphatic rings. The number of hydrogen-bond acceptors (Lipinski definition) is 3. The second kappa shape index (κ2) is 6.53. The predicted octanol–water partition coefficient (Wildman–Crippen LogP) is 3.45. The summed E-state index contributed by atoms with van der Waals surface area (Å²) in [5, 5.41) is 2.93. The predicted molar refractivity (Wildman–Crippen MR) is 86.9 cm³/mol. The number of amides is 1. The summed E-state index contributed by atoms with van der Waals surface area (Å²) in [5.41, 5.74) is 1.53. The summed E-state index contributed by atoms with van der Waals surface area (Å²) in [4.78, 5) is 20.2. The molecule has 110 valence electrons. The largest absolute Gasteiger partial charge is 0.304 e. The van der Waals surface area contributed by atoms with Crippen LogP contribution in [0.5, 0.6) is 0 Å². The number of halogens is 1.